The minimum absolute atomic E-state index is 0.333. The highest BCUT2D eigenvalue weighted by molar-refractivity contribution is 7.48. The lowest BCUT2D eigenvalue weighted by Gasteiger charge is -2.17. The fraction of sp³-hybridized carbons (Fsp3) is 0.778. The van der Waals surface area contributed by atoms with Gasteiger partial charge in [-0.3, -0.25) is 13.6 Å². The van der Waals surface area contributed by atoms with E-state index in [2.05, 4.69) is 13.2 Å². The topological polar surface area (TPSA) is 97.4 Å². The molecule has 0 atom stereocenters. The van der Waals surface area contributed by atoms with Crippen LogP contribution in [0.25, 0.3) is 0 Å². The molecule has 210 valence electrons. The standard InChI is InChI=1S/C27H49O8P/c1-6-19-33-36(30,34-22-17-13-9-7-11-15-20-31-26(28)24(2)3)35-23-18-14-10-8-12-16-21-32-27(29)25(4)5/h2,4,6-23H2,1,3,5H3. The molecular formula is C27H49O8P. The molecule has 0 amide bonds. The maximum atomic E-state index is 12.8. The Hall–Kier alpha value is -1.47. The normalized spacial score (nSPS) is 11.3. The molecule has 0 aliphatic carbocycles. The minimum atomic E-state index is -3.52. The van der Waals surface area contributed by atoms with Gasteiger partial charge in [0.15, 0.2) is 0 Å². The number of hydrogen-bond acceptors (Lipinski definition) is 8. The summed E-state index contributed by atoms with van der Waals surface area (Å²) in [5, 5.41) is 0. The van der Waals surface area contributed by atoms with Gasteiger partial charge < -0.3 is 9.47 Å². The van der Waals surface area contributed by atoms with E-state index in [1.54, 1.807) is 13.8 Å². The van der Waals surface area contributed by atoms with Gasteiger partial charge in [0, 0.05) is 11.1 Å². The highest BCUT2D eigenvalue weighted by Crippen LogP contribution is 2.49. The number of phosphoric ester groups is 1. The second-order valence-corrected chi connectivity index (χ2v) is 10.7. The number of phosphoric acid groups is 1. The van der Waals surface area contributed by atoms with E-state index in [1.807, 2.05) is 6.92 Å². The second-order valence-electron chi connectivity index (χ2n) is 9.02. The molecule has 9 heteroatoms. The summed E-state index contributed by atoms with van der Waals surface area (Å²) >= 11 is 0. The van der Waals surface area contributed by atoms with Crippen LogP contribution in [0.3, 0.4) is 0 Å². The van der Waals surface area contributed by atoms with E-state index in [0.29, 0.717) is 44.2 Å². The van der Waals surface area contributed by atoms with Crippen LogP contribution in [0, 0.1) is 0 Å². The van der Waals surface area contributed by atoms with E-state index in [1.165, 1.54) is 0 Å². The van der Waals surface area contributed by atoms with Crippen LogP contribution in [-0.2, 0) is 37.2 Å². The Morgan fingerprint density at radius 1 is 0.556 bits per heavy atom. The first-order valence-corrected chi connectivity index (χ1v) is 14.9. The number of carbonyl (C=O) groups excluding carboxylic acids is 2. The van der Waals surface area contributed by atoms with Crippen LogP contribution in [0.4, 0.5) is 0 Å². The average molecular weight is 533 g/mol. The molecule has 0 radical (unpaired) electrons. The molecule has 0 rings (SSSR count). The summed E-state index contributed by atoms with van der Waals surface area (Å²) in [5.41, 5.74) is 0.846. The van der Waals surface area contributed by atoms with E-state index in [0.717, 1.165) is 83.5 Å². The van der Waals surface area contributed by atoms with E-state index < -0.39 is 7.82 Å². The van der Waals surface area contributed by atoms with Gasteiger partial charge in [-0.05, 0) is 46.0 Å². The van der Waals surface area contributed by atoms with Gasteiger partial charge >= 0.3 is 19.8 Å². The lowest BCUT2D eigenvalue weighted by atomic mass is 10.1. The van der Waals surface area contributed by atoms with Gasteiger partial charge in [-0.1, -0.05) is 71.4 Å². The number of unbranched alkanes of at least 4 members (excludes halogenated alkanes) is 10. The van der Waals surface area contributed by atoms with Gasteiger partial charge in [-0.15, -0.1) is 0 Å². The minimum Gasteiger partial charge on any atom is -0.462 e. The van der Waals surface area contributed by atoms with Crippen molar-refractivity contribution in [2.24, 2.45) is 0 Å². The van der Waals surface area contributed by atoms with Gasteiger partial charge in [0.05, 0.1) is 33.0 Å². The molecule has 0 bridgehead atoms. The Morgan fingerprint density at radius 3 is 1.19 bits per heavy atom. The molecule has 0 aromatic heterocycles. The van der Waals surface area contributed by atoms with Crippen molar-refractivity contribution in [2.75, 3.05) is 33.0 Å². The molecule has 0 fully saturated rings. The fourth-order valence-electron chi connectivity index (χ4n) is 3.07. The van der Waals surface area contributed by atoms with Crippen LogP contribution in [0.1, 0.15) is 104 Å². The van der Waals surface area contributed by atoms with Crippen molar-refractivity contribution in [1.29, 1.82) is 0 Å². The molecular weight excluding hydrogens is 483 g/mol. The molecule has 0 aromatic rings. The zero-order valence-corrected chi connectivity index (χ0v) is 23.7. The largest absolute Gasteiger partial charge is 0.474 e. The Kier molecular flexibility index (Phi) is 21.8. The van der Waals surface area contributed by atoms with Crippen molar-refractivity contribution >= 4 is 19.8 Å². The monoisotopic (exact) mass is 532 g/mol. The number of hydrogen-bond donors (Lipinski definition) is 0. The van der Waals surface area contributed by atoms with Crippen molar-refractivity contribution < 1.29 is 37.2 Å². The second kappa shape index (κ2) is 22.7. The summed E-state index contributed by atoms with van der Waals surface area (Å²) in [5.74, 6) is -0.667. The number of ether oxygens (including phenoxy) is 2. The van der Waals surface area contributed by atoms with Crippen LogP contribution in [0.15, 0.2) is 24.3 Å². The van der Waals surface area contributed by atoms with Crippen LogP contribution in [-0.4, -0.2) is 45.0 Å². The predicted molar refractivity (Wildman–Crippen MR) is 143 cm³/mol. The molecule has 0 heterocycles. The summed E-state index contributed by atoms with van der Waals surface area (Å²) in [6.45, 7) is 14.2. The Bertz CT molecular complexity index is 627. The van der Waals surface area contributed by atoms with Crippen molar-refractivity contribution in [3.05, 3.63) is 24.3 Å². The van der Waals surface area contributed by atoms with Crippen LogP contribution in [0.2, 0.25) is 0 Å². The molecule has 0 aliphatic rings. The summed E-state index contributed by atoms with van der Waals surface area (Å²) in [4.78, 5) is 22.6. The fourth-order valence-corrected chi connectivity index (χ4v) is 4.40. The van der Waals surface area contributed by atoms with E-state index in [-0.39, 0.29) is 11.9 Å². The molecule has 36 heavy (non-hydrogen) atoms. The predicted octanol–water partition coefficient (Wildman–Crippen LogP) is 7.47. The van der Waals surface area contributed by atoms with Gasteiger partial charge in [0.2, 0.25) is 0 Å². The van der Waals surface area contributed by atoms with Crippen molar-refractivity contribution in [3.8, 4) is 0 Å². The maximum Gasteiger partial charge on any atom is 0.474 e. The van der Waals surface area contributed by atoms with Crippen LogP contribution >= 0.6 is 7.82 Å². The molecule has 0 N–H and O–H groups in total. The van der Waals surface area contributed by atoms with Gasteiger partial charge in [0.1, 0.15) is 0 Å². The third-order valence-electron chi connectivity index (χ3n) is 5.19. The number of esters is 2. The van der Waals surface area contributed by atoms with E-state index in [4.69, 9.17) is 23.0 Å². The smallest absolute Gasteiger partial charge is 0.462 e. The summed E-state index contributed by atoms with van der Waals surface area (Å²) in [6.07, 6.45) is 12.1. The average Bonchev–Trinajstić information content (AvgIpc) is 2.84. The zero-order valence-electron chi connectivity index (χ0n) is 22.9. The molecule has 0 unspecified atom stereocenters. The molecule has 8 nitrogen and oxygen atoms in total. The lowest BCUT2D eigenvalue weighted by molar-refractivity contribution is -0.139. The van der Waals surface area contributed by atoms with Crippen molar-refractivity contribution in [1.82, 2.24) is 0 Å². The van der Waals surface area contributed by atoms with Crippen LogP contribution in [0.5, 0.6) is 0 Å². The van der Waals surface area contributed by atoms with Gasteiger partial charge in [0.25, 0.3) is 0 Å². The Morgan fingerprint density at radius 2 is 0.861 bits per heavy atom. The van der Waals surface area contributed by atoms with Gasteiger partial charge in [-0.2, -0.15) is 0 Å². The van der Waals surface area contributed by atoms with Gasteiger partial charge in [-0.25, -0.2) is 14.2 Å². The van der Waals surface area contributed by atoms with Crippen molar-refractivity contribution in [2.45, 2.75) is 104 Å². The SMILES string of the molecule is C=C(C)C(=O)OCCCCCCCCOP(=O)(OCCC)OCCCCCCCCOC(=O)C(=C)C. The third-order valence-corrected chi connectivity index (χ3v) is 6.69. The number of rotatable bonds is 25. The molecule has 0 spiro atoms. The van der Waals surface area contributed by atoms with E-state index >= 15 is 0 Å². The first-order chi connectivity index (χ1) is 17.2. The van der Waals surface area contributed by atoms with Crippen LogP contribution < -0.4 is 0 Å². The molecule has 0 aliphatic heterocycles. The Balaban J connectivity index is 3.81. The summed E-state index contributed by atoms with van der Waals surface area (Å²) in [7, 11) is -3.52. The molecule has 0 aromatic carbocycles. The zero-order chi connectivity index (χ0) is 27.1. The number of carbonyl (C=O) groups is 2. The highest BCUT2D eigenvalue weighted by atomic mass is 31.2. The Labute approximate surface area is 218 Å². The lowest BCUT2D eigenvalue weighted by Crippen LogP contribution is -2.06. The van der Waals surface area contributed by atoms with E-state index in [9.17, 15) is 14.2 Å². The first kappa shape index (κ1) is 34.5. The first-order valence-electron chi connectivity index (χ1n) is 13.4. The highest BCUT2D eigenvalue weighted by Gasteiger charge is 2.25. The van der Waals surface area contributed by atoms with Crippen molar-refractivity contribution in [3.63, 3.8) is 0 Å². The quantitative estimate of drug-likeness (QED) is 0.0517. The summed E-state index contributed by atoms with van der Waals surface area (Å²) in [6, 6.07) is 0. The third kappa shape index (κ3) is 20.7. The maximum absolute atomic E-state index is 12.8. The molecule has 0 saturated heterocycles. The molecule has 0 saturated carbocycles. The summed E-state index contributed by atoms with van der Waals surface area (Å²) < 4.78 is 39.4.